The Morgan fingerprint density at radius 1 is 0.975 bits per heavy atom. The van der Waals surface area contributed by atoms with Crippen molar-refractivity contribution in [2.24, 2.45) is 0 Å². The SMILES string of the molecule is COc1cc(/C=C/C(=O)Oc2ccc(C(=O)Nc3cc(C)ccc3C)cc2)cc(Br)c1OCc1ccccc1F. The van der Waals surface area contributed by atoms with Gasteiger partial charge >= 0.3 is 5.97 Å². The number of amides is 1. The molecule has 0 aliphatic carbocycles. The summed E-state index contributed by atoms with van der Waals surface area (Å²) in [6.45, 7) is 3.91. The number of carbonyl (C=O) groups excluding carboxylic acids is 2. The molecule has 1 N–H and O–H groups in total. The highest BCUT2D eigenvalue weighted by molar-refractivity contribution is 9.10. The van der Waals surface area contributed by atoms with Gasteiger partial charge in [0.05, 0.1) is 11.6 Å². The molecule has 0 spiro atoms. The van der Waals surface area contributed by atoms with Gasteiger partial charge in [-0.25, -0.2) is 9.18 Å². The molecule has 0 saturated heterocycles. The molecular formula is C32H27BrFNO5. The summed E-state index contributed by atoms with van der Waals surface area (Å²) in [5.41, 5.74) is 4.26. The number of halogens is 2. The van der Waals surface area contributed by atoms with Gasteiger partial charge in [-0.2, -0.15) is 0 Å². The molecule has 0 aliphatic heterocycles. The first kappa shape index (κ1) is 28.6. The van der Waals surface area contributed by atoms with E-state index in [0.29, 0.717) is 38.4 Å². The largest absolute Gasteiger partial charge is 0.493 e. The van der Waals surface area contributed by atoms with Crippen molar-refractivity contribution in [1.29, 1.82) is 0 Å². The maximum Gasteiger partial charge on any atom is 0.336 e. The summed E-state index contributed by atoms with van der Waals surface area (Å²) in [6, 6.07) is 22.0. The lowest BCUT2D eigenvalue weighted by Crippen LogP contribution is -2.13. The number of anilines is 1. The molecule has 0 bridgehead atoms. The van der Waals surface area contributed by atoms with E-state index >= 15 is 0 Å². The van der Waals surface area contributed by atoms with Gasteiger partial charge in [-0.1, -0.05) is 30.3 Å². The minimum absolute atomic E-state index is 0.0230. The molecule has 8 heteroatoms. The molecule has 4 aromatic carbocycles. The zero-order valence-electron chi connectivity index (χ0n) is 22.2. The molecule has 0 aromatic heterocycles. The zero-order chi connectivity index (χ0) is 28.6. The van der Waals surface area contributed by atoms with Crippen molar-refractivity contribution in [2.45, 2.75) is 20.5 Å². The quantitative estimate of drug-likeness (QED) is 0.121. The van der Waals surface area contributed by atoms with E-state index in [0.717, 1.165) is 16.8 Å². The van der Waals surface area contributed by atoms with Gasteiger partial charge in [-0.15, -0.1) is 0 Å². The third-order valence-electron chi connectivity index (χ3n) is 5.97. The van der Waals surface area contributed by atoms with Gasteiger partial charge < -0.3 is 19.5 Å². The average Bonchev–Trinajstić information content (AvgIpc) is 2.94. The Morgan fingerprint density at radius 3 is 2.45 bits per heavy atom. The van der Waals surface area contributed by atoms with E-state index in [9.17, 15) is 14.0 Å². The molecule has 0 heterocycles. The van der Waals surface area contributed by atoms with Crippen molar-refractivity contribution in [3.63, 3.8) is 0 Å². The lowest BCUT2D eigenvalue weighted by molar-refractivity contribution is -0.128. The van der Waals surface area contributed by atoms with Crippen molar-refractivity contribution in [1.82, 2.24) is 0 Å². The smallest absolute Gasteiger partial charge is 0.336 e. The molecule has 0 aliphatic rings. The number of nitrogens with one attached hydrogen (secondary N) is 1. The van der Waals surface area contributed by atoms with E-state index < -0.39 is 5.97 Å². The lowest BCUT2D eigenvalue weighted by atomic mass is 10.1. The van der Waals surface area contributed by atoms with Crippen LogP contribution in [0.4, 0.5) is 10.1 Å². The topological polar surface area (TPSA) is 73.9 Å². The van der Waals surface area contributed by atoms with Crippen LogP contribution in [0.3, 0.4) is 0 Å². The number of ether oxygens (including phenoxy) is 3. The van der Waals surface area contributed by atoms with E-state index in [1.807, 2.05) is 32.0 Å². The molecule has 0 radical (unpaired) electrons. The minimum atomic E-state index is -0.595. The van der Waals surface area contributed by atoms with Crippen LogP contribution in [0.15, 0.2) is 89.4 Å². The molecule has 0 fully saturated rings. The number of esters is 1. The zero-order valence-corrected chi connectivity index (χ0v) is 23.8. The van der Waals surface area contributed by atoms with Crippen molar-refractivity contribution in [3.8, 4) is 17.2 Å². The monoisotopic (exact) mass is 603 g/mol. The number of carbonyl (C=O) groups is 2. The first-order valence-electron chi connectivity index (χ1n) is 12.4. The maximum atomic E-state index is 13.9. The van der Waals surface area contributed by atoms with E-state index in [2.05, 4.69) is 21.2 Å². The number of hydrogen-bond donors (Lipinski definition) is 1. The van der Waals surface area contributed by atoms with Crippen molar-refractivity contribution < 1.29 is 28.2 Å². The van der Waals surface area contributed by atoms with Crippen LogP contribution >= 0.6 is 15.9 Å². The Balaban J connectivity index is 1.37. The van der Waals surface area contributed by atoms with Crippen molar-refractivity contribution >= 4 is 39.6 Å². The third kappa shape index (κ3) is 7.36. The number of methoxy groups -OCH3 is 1. The predicted molar refractivity (Wildman–Crippen MR) is 156 cm³/mol. The van der Waals surface area contributed by atoms with E-state index in [-0.39, 0.29) is 18.3 Å². The number of rotatable bonds is 9. The second kappa shape index (κ2) is 13.1. The molecule has 4 rings (SSSR count). The van der Waals surface area contributed by atoms with Crippen LogP contribution in [0.25, 0.3) is 6.08 Å². The molecule has 6 nitrogen and oxygen atoms in total. The molecule has 204 valence electrons. The van der Waals surface area contributed by atoms with Crippen molar-refractivity contribution in [3.05, 3.63) is 123 Å². The summed E-state index contributed by atoms with van der Waals surface area (Å²) in [4.78, 5) is 25.1. The summed E-state index contributed by atoms with van der Waals surface area (Å²) < 4.78 is 31.1. The van der Waals surface area contributed by atoms with E-state index in [1.165, 1.54) is 19.3 Å². The Morgan fingerprint density at radius 2 is 1.73 bits per heavy atom. The normalized spacial score (nSPS) is 10.8. The maximum absolute atomic E-state index is 13.9. The predicted octanol–water partition coefficient (Wildman–Crippen LogP) is 7.66. The molecule has 4 aromatic rings. The van der Waals surface area contributed by atoms with E-state index in [4.69, 9.17) is 14.2 Å². The molecule has 0 atom stereocenters. The summed E-state index contributed by atoms with van der Waals surface area (Å²) in [5, 5.41) is 2.90. The van der Waals surface area contributed by atoms with Crippen molar-refractivity contribution in [2.75, 3.05) is 12.4 Å². The second-order valence-corrected chi connectivity index (χ2v) is 9.82. The van der Waals surface area contributed by atoms with Gasteiger partial charge in [0.2, 0.25) is 0 Å². The number of hydrogen-bond acceptors (Lipinski definition) is 5. The van der Waals surface area contributed by atoms with Gasteiger partial charge in [0.15, 0.2) is 11.5 Å². The number of benzene rings is 4. The lowest BCUT2D eigenvalue weighted by Gasteiger charge is -2.14. The summed E-state index contributed by atoms with van der Waals surface area (Å²) in [6.07, 6.45) is 2.85. The third-order valence-corrected chi connectivity index (χ3v) is 6.56. The van der Waals surface area contributed by atoms with Gasteiger partial charge in [0, 0.05) is 22.9 Å². The molecule has 0 saturated carbocycles. The average molecular weight is 604 g/mol. The van der Waals surface area contributed by atoms with Crippen LogP contribution in [0.5, 0.6) is 17.2 Å². The van der Waals surface area contributed by atoms with Crippen LogP contribution in [0.1, 0.15) is 32.6 Å². The van der Waals surface area contributed by atoms with E-state index in [1.54, 1.807) is 60.7 Å². The highest BCUT2D eigenvalue weighted by atomic mass is 79.9. The van der Waals surface area contributed by atoms with Crippen LogP contribution in [0, 0.1) is 19.7 Å². The minimum Gasteiger partial charge on any atom is -0.493 e. The van der Waals surface area contributed by atoms with Gasteiger partial charge in [-0.3, -0.25) is 4.79 Å². The fourth-order valence-corrected chi connectivity index (χ4v) is 4.37. The standard InChI is InChI=1S/C32H27BrFNO5/c1-20-8-9-21(2)28(16-20)35-32(37)23-11-13-25(14-12-23)40-30(36)15-10-22-17-26(33)31(29(18-22)38-3)39-19-24-6-4-5-7-27(24)34/h4-18H,19H2,1-3H3,(H,35,37)/b15-10+. The Bertz CT molecular complexity index is 1570. The van der Waals surface area contributed by atoms with Gasteiger partial charge in [-0.05, 0) is 101 Å². The fourth-order valence-electron chi connectivity index (χ4n) is 3.80. The van der Waals surface area contributed by atoms with Crippen LogP contribution in [-0.4, -0.2) is 19.0 Å². The Hall–Kier alpha value is -4.43. The molecular weight excluding hydrogens is 577 g/mol. The van der Waals surface area contributed by atoms with Gasteiger partial charge in [0.1, 0.15) is 18.2 Å². The fraction of sp³-hybridized carbons (Fsp3) is 0.125. The highest BCUT2D eigenvalue weighted by Gasteiger charge is 2.13. The summed E-state index contributed by atoms with van der Waals surface area (Å²) in [5.74, 6) is -0.0880. The second-order valence-electron chi connectivity index (χ2n) is 8.97. The summed E-state index contributed by atoms with van der Waals surface area (Å²) >= 11 is 3.46. The molecule has 0 unspecified atom stereocenters. The first-order chi connectivity index (χ1) is 19.2. The van der Waals surface area contributed by atoms with Crippen LogP contribution in [-0.2, 0) is 11.4 Å². The summed E-state index contributed by atoms with van der Waals surface area (Å²) in [7, 11) is 1.49. The molecule has 1 amide bonds. The first-order valence-corrected chi connectivity index (χ1v) is 13.1. The Kier molecular flexibility index (Phi) is 9.35. The molecule has 40 heavy (non-hydrogen) atoms. The number of aryl methyl sites for hydroxylation is 2. The van der Waals surface area contributed by atoms with Gasteiger partial charge in [0.25, 0.3) is 5.91 Å². The van der Waals surface area contributed by atoms with Crippen LogP contribution in [0.2, 0.25) is 0 Å². The van der Waals surface area contributed by atoms with Crippen LogP contribution < -0.4 is 19.5 Å². The Labute approximate surface area is 240 Å². The highest BCUT2D eigenvalue weighted by Crippen LogP contribution is 2.37.